The highest BCUT2D eigenvalue weighted by Gasteiger charge is 2.26. The topological polar surface area (TPSA) is 8.17 Å². The number of anilines is 3. The molecule has 0 unspecified atom stereocenters. The summed E-state index contributed by atoms with van der Waals surface area (Å²) < 4.78 is 2.40. The van der Waals surface area contributed by atoms with E-state index in [0.717, 1.165) is 22.7 Å². The Labute approximate surface area is 394 Å². The van der Waals surface area contributed by atoms with Crippen LogP contribution in [-0.2, 0) is 0 Å². The van der Waals surface area contributed by atoms with Gasteiger partial charge >= 0.3 is 0 Å². The monoisotopic (exact) mass is 862 g/mol. The highest BCUT2D eigenvalue weighted by molar-refractivity contribution is 6.30. The summed E-state index contributed by atoms with van der Waals surface area (Å²) in [6.45, 7) is 0. The summed E-state index contributed by atoms with van der Waals surface area (Å²) in [5.41, 5.74) is 14.0. The van der Waals surface area contributed by atoms with Crippen LogP contribution < -0.4 is 4.90 Å². The molecule has 0 N–H and O–H groups in total. The molecule has 0 fully saturated rings. The van der Waals surface area contributed by atoms with Crippen molar-refractivity contribution >= 4 is 92.7 Å². The summed E-state index contributed by atoms with van der Waals surface area (Å²) in [6, 6.07) is 94.1. The summed E-state index contributed by atoms with van der Waals surface area (Å²) in [6.07, 6.45) is 0. The van der Waals surface area contributed by atoms with E-state index in [2.05, 4.69) is 264 Å². The Morgan fingerprint density at radius 2 is 0.838 bits per heavy atom. The molecule has 2 heteroatoms. The average Bonchev–Trinajstić information content (AvgIpc) is 3.75. The molecule has 0 aliphatic heterocycles. The fraction of sp³-hybridized carbons (Fsp3) is 0. The van der Waals surface area contributed by atoms with E-state index in [1.807, 2.05) is 0 Å². The molecule has 2 nitrogen and oxygen atoms in total. The molecule has 0 aliphatic rings. The molecule has 14 aromatic rings. The van der Waals surface area contributed by atoms with E-state index in [9.17, 15) is 0 Å². The van der Waals surface area contributed by atoms with Gasteiger partial charge in [-0.05, 0) is 137 Å². The molecule has 68 heavy (non-hydrogen) atoms. The van der Waals surface area contributed by atoms with Crippen molar-refractivity contribution < 1.29 is 0 Å². The smallest absolute Gasteiger partial charge is 0.0619 e. The zero-order chi connectivity index (χ0) is 44.7. The number of nitrogens with zero attached hydrogens (tertiary/aromatic N) is 2. The van der Waals surface area contributed by atoms with E-state index >= 15 is 0 Å². The highest BCUT2D eigenvalue weighted by Crippen LogP contribution is 2.52. The molecule has 14 rings (SSSR count). The van der Waals surface area contributed by atoms with Gasteiger partial charge in [0.05, 0.1) is 16.7 Å². The molecule has 13 aromatic carbocycles. The van der Waals surface area contributed by atoms with Gasteiger partial charge in [-0.25, -0.2) is 0 Å². The minimum Gasteiger partial charge on any atom is -0.309 e. The Bertz CT molecular complexity index is 4210. The van der Waals surface area contributed by atoms with E-state index < -0.39 is 0 Å². The van der Waals surface area contributed by atoms with Crippen LogP contribution in [0, 0.1) is 0 Å². The standard InChI is InChI=1S/C66H42N2/c1-5-16-43(17-6-1)48-33-38-57-59(40-48)65(55-36-31-47-29-28-45-20-15-21-46-30-35-54(55)64(47)63(45)46)56-37-32-49(44-18-7-2-8-19-44)41-60(56)66(57)67(50-22-9-3-10-23-50)52-34-39-62-58(42-52)53-26-13-14-27-61(53)68(62)51-24-11-4-12-25-51/h1-42H. The molecule has 0 radical (unpaired) electrons. The van der Waals surface area contributed by atoms with Gasteiger partial charge in [-0.2, -0.15) is 0 Å². The molecule has 0 bridgehead atoms. The quantitative estimate of drug-likeness (QED) is 0.114. The SMILES string of the molecule is c1ccc(-c2ccc3c(N(c4ccccc4)c4ccc5c(c4)c4ccccc4n5-c4ccccc4)c4cc(-c5ccccc5)ccc4c(-c4ccc5ccc6cccc7ccc4c5c67)c3c2)cc1. The molecule has 1 heterocycles. The largest absolute Gasteiger partial charge is 0.309 e. The van der Waals surface area contributed by atoms with E-state index in [0.29, 0.717) is 0 Å². The molecule has 0 aliphatic carbocycles. The fourth-order valence-electron chi connectivity index (χ4n) is 11.3. The third kappa shape index (κ3) is 5.91. The van der Waals surface area contributed by atoms with Gasteiger partial charge in [0.25, 0.3) is 0 Å². The van der Waals surface area contributed by atoms with Crippen molar-refractivity contribution in [2.45, 2.75) is 0 Å². The number of aromatic nitrogens is 1. The zero-order valence-electron chi connectivity index (χ0n) is 37.1. The van der Waals surface area contributed by atoms with Crippen molar-refractivity contribution in [1.29, 1.82) is 0 Å². The van der Waals surface area contributed by atoms with Crippen LogP contribution in [0.25, 0.3) is 115 Å². The Hall–Kier alpha value is -8.98. The van der Waals surface area contributed by atoms with Crippen molar-refractivity contribution in [3.8, 4) is 39.1 Å². The van der Waals surface area contributed by atoms with Gasteiger partial charge < -0.3 is 9.47 Å². The van der Waals surface area contributed by atoms with Gasteiger partial charge in [0.2, 0.25) is 0 Å². The summed E-state index contributed by atoms with van der Waals surface area (Å²) in [4.78, 5) is 2.52. The Morgan fingerprint density at radius 1 is 0.279 bits per heavy atom. The number of hydrogen-bond donors (Lipinski definition) is 0. The summed E-state index contributed by atoms with van der Waals surface area (Å²) in [5.74, 6) is 0. The first-order chi connectivity index (χ1) is 33.7. The van der Waals surface area contributed by atoms with E-state index in [-0.39, 0.29) is 0 Å². The second kappa shape index (κ2) is 15.3. The number of rotatable bonds is 7. The lowest BCUT2D eigenvalue weighted by Crippen LogP contribution is -2.11. The van der Waals surface area contributed by atoms with Gasteiger partial charge in [-0.1, -0.05) is 194 Å². The first-order valence-electron chi connectivity index (χ1n) is 23.5. The minimum absolute atomic E-state index is 1.09. The van der Waals surface area contributed by atoms with E-state index in [4.69, 9.17) is 0 Å². The normalized spacial score (nSPS) is 11.8. The molecule has 316 valence electrons. The maximum Gasteiger partial charge on any atom is 0.0619 e. The maximum atomic E-state index is 2.52. The van der Waals surface area contributed by atoms with E-state index in [1.165, 1.54) is 109 Å². The minimum atomic E-state index is 1.09. The summed E-state index contributed by atoms with van der Waals surface area (Å²) in [5, 5.41) is 14.9. The van der Waals surface area contributed by atoms with Crippen LogP contribution in [0.1, 0.15) is 0 Å². The van der Waals surface area contributed by atoms with Crippen molar-refractivity contribution in [2.24, 2.45) is 0 Å². The number of benzene rings is 13. The van der Waals surface area contributed by atoms with Gasteiger partial charge in [-0.3, -0.25) is 0 Å². The van der Waals surface area contributed by atoms with Gasteiger partial charge in [0.15, 0.2) is 0 Å². The van der Waals surface area contributed by atoms with Crippen LogP contribution in [0.3, 0.4) is 0 Å². The Kier molecular flexibility index (Phi) is 8.62. The van der Waals surface area contributed by atoms with Gasteiger partial charge in [0, 0.05) is 38.6 Å². The van der Waals surface area contributed by atoms with Gasteiger partial charge in [-0.15, -0.1) is 0 Å². The van der Waals surface area contributed by atoms with Crippen molar-refractivity contribution in [1.82, 2.24) is 4.57 Å². The zero-order valence-corrected chi connectivity index (χ0v) is 37.1. The molecule has 0 saturated heterocycles. The lowest BCUT2D eigenvalue weighted by atomic mass is 9.84. The van der Waals surface area contributed by atoms with Gasteiger partial charge in [0.1, 0.15) is 0 Å². The molecule has 0 spiro atoms. The average molecular weight is 863 g/mol. The molecular weight excluding hydrogens is 821 g/mol. The van der Waals surface area contributed by atoms with Crippen LogP contribution in [0.5, 0.6) is 0 Å². The van der Waals surface area contributed by atoms with Crippen molar-refractivity contribution in [3.63, 3.8) is 0 Å². The summed E-state index contributed by atoms with van der Waals surface area (Å²) in [7, 11) is 0. The second-order valence-corrected chi connectivity index (χ2v) is 18.0. The summed E-state index contributed by atoms with van der Waals surface area (Å²) >= 11 is 0. The van der Waals surface area contributed by atoms with E-state index in [1.54, 1.807) is 0 Å². The number of fused-ring (bicyclic) bond motifs is 5. The maximum absolute atomic E-state index is 2.52. The molecule has 0 saturated carbocycles. The first-order valence-corrected chi connectivity index (χ1v) is 23.5. The predicted octanol–water partition coefficient (Wildman–Crippen LogP) is 18.5. The number of hydrogen-bond acceptors (Lipinski definition) is 1. The lowest BCUT2D eigenvalue weighted by molar-refractivity contribution is 1.18. The molecule has 1 aromatic heterocycles. The van der Waals surface area contributed by atoms with Crippen LogP contribution in [0.4, 0.5) is 17.1 Å². The highest BCUT2D eigenvalue weighted by atomic mass is 15.1. The second-order valence-electron chi connectivity index (χ2n) is 18.0. The van der Waals surface area contributed by atoms with Crippen molar-refractivity contribution in [3.05, 3.63) is 255 Å². The fourth-order valence-corrected chi connectivity index (χ4v) is 11.3. The first kappa shape index (κ1) is 38.3. The van der Waals surface area contributed by atoms with Crippen molar-refractivity contribution in [2.75, 3.05) is 4.90 Å². The molecule has 0 atom stereocenters. The third-order valence-corrected chi connectivity index (χ3v) is 14.3. The van der Waals surface area contributed by atoms with Crippen LogP contribution in [0.15, 0.2) is 255 Å². The van der Waals surface area contributed by atoms with Crippen LogP contribution in [0.2, 0.25) is 0 Å². The Morgan fingerprint density at radius 3 is 1.56 bits per heavy atom. The molecular formula is C66H42N2. The third-order valence-electron chi connectivity index (χ3n) is 14.3. The lowest BCUT2D eigenvalue weighted by Gasteiger charge is -2.30. The molecule has 0 amide bonds. The van der Waals surface area contributed by atoms with Crippen LogP contribution >= 0.6 is 0 Å². The van der Waals surface area contributed by atoms with Crippen LogP contribution in [-0.4, -0.2) is 4.57 Å². The Balaban J connectivity index is 1.14. The number of para-hydroxylation sites is 3. The predicted molar refractivity (Wildman–Crippen MR) is 290 cm³/mol.